The highest BCUT2D eigenvalue weighted by Gasteiger charge is 2.12. The van der Waals surface area contributed by atoms with Crippen LogP contribution in [0.1, 0.15) is 10.4 Å². The van der Waals surface area contributed by atoms with Crippen molar-refractivity contribution in [2.45, 2.75) is 6.54 Å². The Balaban J connectivity index is 2.25. The molecule has 21 heavy (non-hydrogen) atoms. The Kier molecular flexibility index (Phi) is 4.68. The predicted octanol–water partition coefficient (Wildman–Crippen LogP) is 1.18. The SMILES string of the molecule is O=C(O)Cn1cc(I)c(NC(=O)c2ccccc2)nc1=O. The van der Waals surface area contributed by atoms with Crippen LogP contribution in [0, 0.1) is 3.57 Å². The molecular weight excluding hydrogens is 389 g/mol. The van der Waals surface area contributed by atoms with Gasteiger partial charge in [-0.05, 0) is 34.7 Å². The fourth-order valence-corrected chi connectivity index (χ4v) is 2.17. The first kappa shape index (κ1) is 15.2. The van der Waals surface area contributed by atoms with Gasteiger partial charge in [0.1, 0.15) is 6.54 Å². The molecule has 7 nitrogen and oxygen atoms in total. The van der Waals surface area contributed by atoms with Gasteiger partial charge < -0.3 is 10.4 Å². The molecule has 0 saturated carbocycles. The predicted molar refractivity (Wildman–Crippen MR) is 83.2 cm³/mol. The van der Waals surface area contributed by atoms with Crippen LogP contribution in [-0.4, -0.2) is 26.5 Å². The Labute approximate surface area is 132 Å². The number of aliphatic carboxylic acids is 1. The molecule has 0 unspecified atom stereocenters. The minimum absolute atomic E-state index is 0.107. The number of carbonyl (C=O) groups is 2. The van der Waals surface area contributed by atoms with E-state index in [-0.39, 0.29) is 5.82 Å². The van der Waals surface area contributed by atoms with Crippen LogP contribution in [0.3, 0.4) is 0 Å². The summed E-state index contributed by atoms with van der Waals surface area (Å²) in [6.07, 6.45) is 1.34. The molecule has 0 aliphatic carbocycles. The van der Waals surface area contributed by atoms with Crippen molar-refractivity contribution in [3.05, 3.63) is 56.1 Å². The van der Waals surface area contributed by atoms with E-state index in [0.717, 1.165) is 4.57 Å². The van der Waals surface area contributed by atoms with E-state index in [1.54, 1.807) is 30.3 Å². The van der Waals surface area contributed by atoms with Crippen molar-refractivity contribution in [2.75, 3.05) is 5.32 Å². The highest BCUT2D eigenvalue weighted by atomic mass is 127. The lowest BCUT2D eigenvalue weighted by atomic mass is 10.2. The Hall–Kier alpha value is -2.23. The van der Waals surface area contributed by atoms with E-state index >= 15 is 0 Å². The maximum absolute atomic E-state index is 12.0. The molecule has 1 aromatic carbocycles. The fourth-order valence-electron chi connectivity index (χ4n) is 1.58. The molecule has 0 atom stereocenters. The van der Waals surface area contributed by atoms with Crippen LogP contribution in [0.15, 0.2) is 41.3 Å². The Morgan fingerprint density at radius 2 is 1.95 bits per heavy atom. The van der Waals surface area contributed by atoms with Crippen molar-refractivity contribution in [3.8, 4) is 0 Å². The van der Waals surface area contributed by atoms with Crippen molar-refractivity contribution >= 4 is 40.3 Å². The summed E-state index contributed by atoms with van der Waals surface area (Å²) in [5.74, 6) is -1.43. The smallest absolute Gasteiger partial charge is 0.350 e. The number of hydrogen-bond acceptors (Lipinski definition) is 4. The molecule has 1 heterocycles. The number of benzene rings is 1. The van der Waals surface area contributed by atoms with Gasteiger partial charge in [-0.2, -0.15) is 4.98 Å². The minimum atomic E-state index is -1.14. The minimum Gasteiger partial charge on any atom is -0.480 e. The molecule has 2 rings (SSSR count). The Morgan fingerprint density at radius 3 is 2.57 bits per heavy atom. The lowest BCUT2D eigenvalue weighted by Gasteiger charge is -2.08. The largest absolute Gasteiger partial charge is 0.480 e. The third-order valence-electron chi connectivity index (χ3n) is 2.52. The second kappa shape index (κ2) is 6.48. The first-order valence-electron chi connectivity index (χ1n) is 5.82. The number of carboxylic acids is 1. The number of hydrogen-bond donors (Lipinski definition) is 2. The molecule has 108 valence electrons. The summed E-state index contributed by atoms with van der Waals surface area (Å²) in [6.45, 7) is -0.477. The van der Waals surface area contributed by atoms with Crippen molar-refractivity contribution in [2.24, 2.45) is 0 Å². The molecule has 8 heteroatoms. The van der Waals surface area contributed by atoms with Crippen LogP contribution in [0.2, 0.25) is 0 Å². The van der Waals surface area contributed by atoms with E-state index in [4.69, 9.17) is 5.11 Å². The molecule has 0 aliphatic heterocycles. The van der Waals surface area contributed by atoms with Crippen LogP contribution >= 0.6 is 22.6 Å². The third kappa shape index (κ3) is 3.88. The van der Waals surface area contributed by atoms with E-state index in [9.17, 15) is 14.4 Å². The molecule has 1 amide bonds. The summed E-state index contributed by atoms with van der Waals surface area (Å²) in [4.78, 5) is 38.0. The molecule has 2 aromatic rings. The van der Waals surface area contributed by atoms with Crippen molar-refractivity contribution in [1.82, 2.24) is 9.55 Å². The van der Waals surface area contributed by atoms with E-state index < -0.39 is 24.1 Å². The summed E-state index contributed by atoms with van der Waals surface area (Å²) in [5.41, 5.74) is -0.300. The third-order valence-corrected chi connectivity index (χ3v) is 3.31. The molecule has 0 radical (unpaired) electrons. The number of anilines is 1. The number of carbonyl (C=O) groups excluding carboxylic acids is 1. The summed E-state index contributed by atoms with van der Waals surface area (Å²) in [7, 11) is 0. The van der Waals surface area contributed by atoms with Gasteiger partial charge >= 0.3 is 11.7 Å². The number of rotatable bonds is 4. The van der Waals surface area contributed by atoms with E-state index in [1.807, 2.05) is 22.6 Å². The molecule has 1 aromatic heterocycles. The number of carboxylic acid groups (broad SMARTS) is 1. The number of aromatic nitrogens is 2. The molecule has 0 fully saturated rings. The van der Waals surface area contributed by atoms with Gasteiger partial charge in [-0.3, -0.25) is 14.2 Å². The van der Waals surface area contributed by atoms with Gasteiger partial charge in [-0.1, -0.05) is 18.2 Å². The van der Waals surface area contributed by atoms with Gasteiger partial charge in [0.2, 0.25) is 0 Å². The zero-order valence-corrected chi connectivity index (χ0v) is 12.8. The lowest BCUT2D eigenvalue weighted by Crippen LogP contribution is -2.28. The maximum Gasteiger partial charge on any atom is 0.350 e. The van der Waals surface area contributed by atoms with Crippen LogP contribution in [0.25, 0.3) is 0 Å². The topological polar surface area (TPSA) is 101 Å². The number of nitrogens with zero attached hydrogens (tertiary/aromatic N) is 2. The van der Waals surface area contributed by atoms with Crippen molar-refractivity contribution in [1.29, 1.82) is 0 Å². The van der Waals surface area contributed by atoms with Crippen molar-refractivity contribution < 1.29 is 14.7 Å². The Morgan fingerprint density at radius 1 is 1.29 bits per heavy atom. The summed E-state index contributed by atoms with van der Waals surface area (Å²) in [5, 5.41) is 11.2. The number of amides is 1. The van der Waals surface area contributed by atoms with Crippen LogP contribution < -0.4 is 11.0 Å². The molecular formula is C13H10IN3O4. The summed E-state index contributed by atoms with van der Waals surface area (Å²) < 4.78 is 1.43. The highest BCUT2D eigenvalue weighted by Crippen LogP contribution is 2.13. The molecule has 0 spiro atoms. The molecule has 0 aliphatic rings. The van der Waals surface area contributed by atoms with Gasteiger partial charge in [0.05, 0.1) is 3.57 Å². The maximum atomic E-state index is 12.0. The van der Waals surface area contributed by atoms with E-state index in [1.165, 1.54) is 6.20 Å². The molecule has 0 saturated heterocycles. The van der Waals surface area contributed by atoms with Gasteiger partial charge in [0.25, 0.3) is 5.91 Å². The first-order chi connectivity index (χ1) is 9.97. The second-order valence-electron chi connectivity index (χ2n) is 4.06. The molecule has 0 bridgehead atoms. The number of halogens is 1. The second-order valence-corrected chi connectivity index (χ2v) is 5.22. The van der Waals surface area contributed by atoms with Crippen LogP contribution in [0.4, 0.5) is 5.82 Å². The fraction of sp³-hybridized carbons (Fsp3) is 0.0769. The van der Waals surface area contributed by atoms with E-state index in [2.05, 4.69) is 10.3 Å². The Bertz CT molecular complexity index is 743. The summed E-state index contributed by atoms with van der Waals surface area (Å²) in [6, 6.07) is 8.49. The normalized spacial score (nSPS) is 10.1. The van der Waals surface area contributed by atoms with Crippen LogP contribution in [-0.2, 0) is 11.3 Å². The zero-order valence-electron chi connectivity index (χ0n) is 10.6. The van der Waals surface area contributed by atoms with Gasteiger partial charge in [0.15, 0.2) is 5.82 Å². The monoisotopic (exact) mass is 399 g/mol. The summed E-state index contributed by atoms with van der Waals surface area (Å²) >= 11 is 1.87. The van der Waals surface area contributed by atoms with E-state index in [0.29, 0.717) is 9.13 Å². The van der Waals surface area contributed by atoms with Crippen molar-refractivity contribution in [3.63, 3.8) is 0 Å². The lowest BCUT2D eigenvalue weighted by molar-refractivity contribution is -0.137. The molecule has 2 N–H and O–H groups in total. The first-order valence-corrected chi connectivity index (χ1v) is 6.90. The quantitative estimate of drug-likeness (QED) is 0.753. The highest BCUT2D eigenvalue weighted by molar-refractivity contribution is 14.1. The average molecular weight is 399 g/mol. The number of nitrogens with one attached hydrogen (secondary N) is 1. The van der Waals surface area contributed by atoms with Gasteiger partial charge in [-0.25, -0.2) is 4.79 Å². The van der Waals surface area contributed by atoms with Crippen LogP contribution in [0.5, 0.6) is 0 Å². The zero-order chi connectivity index (χ0) is 15.4. The average Bonchev–Trinajstić information content (AvgIpc) is 2.44. The standard InChI is InChI=1S/C13H10IN3O4/c14-9-6-17(7-10(18)19)13(21)16-11(9)15-12(20)8-4-2-1-3-5-8/h1-6H,7H2,(H,18,19)(H,15,16,20,21). The van der Waals surface area contributed by atoms with Gasteiger partial charge in [0, 0.05) is 11.8 Å². The van der Waals surface area contributed by atoms with Gasteiger partial charge in [-0.15, -0.1) is 0 Å².